The zero-order chi connectivity index (χ0) is 18.1. The van der Waals surface area contributed by atoms with E-state index in [1.807, 2.05) is 41.8 Å². The van der Waals surface area contributed by atoms with E-state index < -0.39 is 17.7 Å². The number of hydrogen-bond donors (Lipinski definition) is 0. The highest BCUT2D eigenvalue weighted by Gasteiger charge is 2.34. The van der Waals surface area contributed by atoms with Crippen LogP contribution in [0.1, 0.15) is 10.4 Å². The minimum Gasteiger partial charge on any atom is -0.480 e. The molecule has 0 saturated carbocycles. The zero-order valence-corrected chi connectivity index (χ0v) is 14.5. The van der Waals surface area contributed by atoms with E-state index >= 15 is 0 Å². The lowest BCUT2D eigenvalue weighted by molar-refractivity contribution is -0.124. The normalized spacial score (nSPS) is 15.4. The van der Waals surface area contributed by atoms with Gasteiger partial charge in [0.25, 0.3) is 5.91 Å². The summed E-state index contributed by atoms with van der Waals surface area (Å²) in [5.74, 6) is -1.13. The van der Waals surface area contributed by atoms with Crippen molar-refractivity contribution in [2.24, 2.45) is 0 Å². The summed E-state index contributed by atoms with van der Waals surface area (Å²) >= 11 is 1.47. The van der Waals surface area contributed by atoms with Crippen LogP contribution in [0.15, 0.2) is 60.0 Å². The van der Waals surface area contributed by atoms with Crippen molar-refractivity contribution in [2.45, 2.75) is 19.1 Å². The van der Waals surface area contributed by atoms with Crippen molar-refractivity contribution in [2.75, 3.05) is 4.90 Å². The molecule has 3 nitrogen and oxygen atoms in total. The lowest BCUT2D eigenvalue weighted by atomic mass is 10.1. The summed E-state index contributed by atoms with van der Waals surface area (Å²) in [5.41, 5.74) is 0.992. The molecule has 0 spiro atoms. The Hall–Kier alpha value is -2.73. The van der Waals surface area contributed by atoms with Gasteiger partial charge in [-0.3, -0.25) is 4.79 Å². The first-order valence-corrected chi connectivity index (χ1v) is 9.03. The molecular weight excluding hydrogens is 356 g/mol. The molecule has 132 valence electrons. The predicted octanol–water partition coefficient (Wildman–Crippen LogP) is 4.56. The highest BCUT2D eigenvalue weighted by Crippen LogP contribution is 2.31. The van der Waals surface area contributed by atoms with Crippen LogP contribution in [0.5, 0.6) is 5.75 Å². The number of amides is 1. The molecule has 6 heteroatoms. The quantitative estimate of drug-likeness (QED) is 0.673. The Kier molecular flexibility index (Phi) is 4.42. The SMILES string of the molecule is O=C(C1Cc2ccccc2O1)N(Cc1cccs1)c1ccc(F)cc1F. The average molecular weight is 371 g/mol. The number of fused-ring (bicyclic) bond motifs is 1. The number of hydrogen-bond acceptors (Lipinski definition) is 3. The van der Waals surface area contributed by atoms with Gasteiger partial charge >= 0.3 is 0 Å². The van der Waals surface area contributed by atoms with Gasteiger partial charge in [0.15, 0.2) is 6.10 Å². The van der Waals surface area contributed by atoms with Gasteiger partial charge in [0.1, 0.15) is 17.4 Å². The number of para-hydroxylation sites is 1. The summed E-state index contributed by atoms with van der Waals surface area (Å²) < 4.78 is 33.4. The summed E-state index contributed by atoms with van der Waals surface area (Å²) in [5, 5.41) is 1.89. The molecular formula is C20H15F2NO2S. The average Bonchev–Trinajstić information content (AvgIpc) is 3.29. The van der Waals surface area contributed by atoms with Gasteiger partial charge < -0.3 is 9.64 Å². The van der Waals surface area contributed by atoms with Gasteiger partial charge in [0.2, 0.25) is 0 Å². The van der Waals surface area contributed by atoms with E-state index in [-0.39, 0.29) is 18.1 Å². The predicted molar refractivity (Wildman–Crippen MR) is 96.4 cm³/mol. The Labute approximate surface area is 153 Å². The third-order valence-electron chi connectivity index (χ3n) is 4.28. The topological polar surface area (TPSA) is 29.5 Å². The maximum Gasteiger partial charge on any atom is 0.268 e. The lowest BCUT2D eigenvalue weighted by Crippen LogP contribution is -2.41. The molecule has 0 aliphatic carbocycles. The molecule has 1 aliphatic heterocycles. The van der Waals surface area contributed by atoms with Crippen LogP contribution in [0.2, 0.25) is 0 Å². The first kappa shape index (κ1) is 16.7. The van der Waals surface area contributed by atoms with Crippen LogP contribution in [0, 0.1) is 11.6 Å². The summed E-state index contributed by atoms with van der Waals surface area (Å²) in [6.45, 7) is 0.204. The van der Waals surface area contributed by atoms with Gasteiger partial charge in [-0.1, -0.05) is 24.3 Å². The minimum atomic E-state index is -0.773. The monoisotopic (exact) mass is 371 g/mol. The van der Waals surface area contributed by atoms with Crippen molar-refractivity contribution >= 4 is 22.9 Å². The van der Waals surface area contributed by atoms with Crippen molar-refractivity contribution in [1.82, 2.24) is 0 Å². The standard InChI is InChI=1S/C20H15F2NO2S/c21-14-7-8-17(16(22)11-14)23(12-15-5-3-9-26-15)20(24)19-10-13-4-1-2-6-18(13)25-19/h1-9,11,19H,10,12H2. The highest BCUT2D eigenvalue weighted by atomic mass is 32.1. The second-order valence-corrected chi connectivity index (χ2v) is 7.05. The van der Waals surface area contributed by atoms with Gasteiger partial charge in [-0.2, -0.15) is 0 Å². The van der Waals surface area contributed by atoms with Crippen molar-refractivity contribution < 1.29 is 18.3 Å². The van der Waals surface area contributed by atoms with E-state index in [1.54, 1.807) is 0 Å². The van der Waals surface area contributed by atoms with Gasteiger partial charge in [-0.15, -0.1) is 11.3 Å². The number of ether oxygens (including phenoxy) is 1. The Morgan fingerprint density at radius 2 is 2.00 bits per heavy atom. The number of carbonyl (C=O) groups is 1. The number of thiophene rings is 1. The molecule has 0 bridgehead atoms. The molecule has 3 aromatic rings. The van der Waals surface area contributed by atoms with Gasteiger partial charge in [0.05, 0.1) is 12.2 Å². The third-order valence-corrected chi connectivity index (χ3v) is 5.14. The smallest absolute Gasteiger partial charge is 0.268 e. The molecule has 0 fully saturated rings. The number of nitrogens with zero attached hydrogens (tertiary/aromatic N) is 1. The fourth-order valence-corrected chi connectivity index (χ4v) is 3.73. The number of carbonyl (C=O) groups excluding carboxylic acids is 1. The second kappa shape index (κ2) is 6.88. The van der Waals surface area contributed by atoms with E-state index in [0.29, 0.717) is 12.2 Å². The van der Waals surface area contributed by atoms with E-state index in [2.05, 4.69) is 0 Å². The first-order chi connectivity index (χ1) is 12.6. The minimum absolute atomic E-state index is 0.0457. The largest absolute Gasteiger partial charge is 0.480 e. The molecule has 4 rings (SSSR count). The number of halogens is 2. The van der Waals surface area contributed by atoms with Crippen molar-refractivity contribution in [1.29, 1.82) is 0 Å². The summed E-state index contributed by atoms with van der Waals surface area (Å²) in [4.78, 5) is 15.4. The molecule has 0 saturated heterocycles. The van der Waals surface area contributed by atoms with Crippen molar-refractivity contribution in [3.8, 4) is 5.75 Å². The van der Waals surface area contributed by atoms with Gasteiger partial charge in [-0.25, -0.2) is 8.78 Å². The van der Waals surface area contributed by atoms with Crippen LogP contribution in [0.3, 0.4) is 0 Å². The summed E-state index contributed by atoms with van der Waals surface area (Å²) in [7, 11) is 0. The van der Waals surface area contributed by atoms with Crippen LogP contribution in [-0.4, -0.2) is 12.0 Å². The Morgan fingerprint density at radius 1 is 1.15 bits per heavy atom. The maximum atomic E-state index is 14.4. The van der Waals surface area contributed by atoms with Crippen LogP contribution < -0.4 is 9.64 Å². The Balaban J connectivity index is 1.65. The number of anilines is 1. The number of benzene rings is 2. The van der Waals surface area contributed by atoms with Crippen molar-refractivity contribution in [3.05, 3.63) is 82.1 Å². The molecule has 1 unspecified atom stereocenters. The molecule has 2 aromatic carbocycles. The van der Waals surface area contributed by atoms with Gasteiger partial charge in [0, 0.05) is 17.4 Å². The first-order valence-electron chi connectivity index (χ1n) is 8.15. The molecule has 1 amide bonds. The molecule has 0 radical (unpaired) electrons. The fourth-order valence-electron chi connectivity index (χ4n) is 3.03. The molecule has 1 aliphatic rings. The molecule has 26 heavy (non-hydrogen) atoms. The molecule has 1 aromatic heterocycles. The van der Waals surface area contributed by atoms with Crippen LogP contribution in [-0.2, 0) is 17.8 Å². The lowest BCUT2D eigenvalue weighted by Gasteiger charge is -2.25. The third kappa shape index (κ3) is 3.20. The number of rotatable bonds is 4. The summed E-state index contributed by atoms with van der Waals surface area (Å²) in [6, 6.07) is 14.4. The van der Waals surface area contributed by atoms with E-state index in [4.69, 9.17) is 4.74 Å². The van der Waals surface area contributed by atoms with E-state index in [1.165, 1.54) is 22.3 Å². The van der Waals surface area contributed by atoms with E-state index in [9.17, 15) is 13.6 Å². The fraction of sp³-hybridized carbons (Fsp3) is 0.150. The Bertz CT molecular complexity index is 918. The molecule has 1 atom stereocenters. The molecule has 0 N–H and O–H groups in total. The van der Waals surface area contributed by atoms with Gasteiger partial charge in [-0.05, 0) is 35.2 Å². The Morgan fingerprint density at radius 3 is 2.73 bits per heavy atom. The highest BCUT2D eigenvalue weighted by molar-refractivity contribution is 7.09. The van der Waals surface area contributed by atoms with E-state index in [0.717, 1.165) is 22.6 Å². The van der Waals surface area contributed by atoms with Crippen LogP contribution in [0.25, 0.3) is 0 Å². The van der Waals surface area contributed by atoms with Crippen molar-refractivity contribution in [3.63, 3.8) is 0 Å². The maximum absolute atomic E-state index is 14.4. The molecule has 2 heterocycles. The van der Waals surface area contributed by atoms with Crippen LogP contribution >= 0.6 is 11.3 Å². The van der Waals surface area contributed by atoms with Crippen LogP contribution in [0.4, 0.5) is 14.5 Å². The zero-order valence-electron chi connectivity index (χ0n) is 13.7. The summed E-state index contributed by atoms with van der Waals surface area (Å²) in [6.07, 6.45) is -0.296. The second-order valence-electron chi connectivity index (χ2n) is 6.02.